The van der Waals surface area contributed by atoms with E-state index in [2.05, 4.69) is 9.97 Å². The van der Waals surface area contributed by atoms with E-state index in [0.717, 1.165) is 12.1 Å². The minimum Gasteiger partial charge on any atom is -0.543 e. The Hall–Kier alpha value is -3.40. The summed E-state index contributed by atoms with van der Waals surface area (Å²) in [6.07, 6.45) is 0. The minimum atomic E-state index is -1.52. The number of hydrogen-bond donors (Lipinski definition) is 1. The normalized spacial score (nSPS) is 7.72. The number of carbonyl (C=O) groups is 4. The predicted octanol–water partition coefficient (Wildman–Crippen LogP) is -6.54. The van der Waals surface area contributed by atoms with Gasteiger partial charge in [0.15, 0.2) is 0 Å². The molecule has 29 heavy (non-hydrogen) atoms. The fourth-order valence-corrected chi connectivity index (χ4v) is 1.33. The largest absolute Gasteiger partial charge is 0.543 e. The average molecular weight is 456 g/mol. The van der Waals surface area contributed by atoms with Gasteiger partial charge in [0.2, 0.25) is 0 Å². The van der Waals surface area contributed by atoms with E-state index in [-0.39, 0.29) is 51.8 Å². The van der Waals surface area contributed by atoms with E-state index in [0.29, 0.717) is 0 Å². The van der Waals surface area contributed by atoms with Crippen LogP contribution in [-0.2, 0) is 29.5 Å². The molecule has 0 aliphatic heterocycles. The van der Waals surface area contributed by atoms with Crippen LogP contribution in [0.4, 0.5) is 0 Å². The molecular weight excluding hydrogens is 439 g/mol. The summed E-state index contributed by atoms with van der Waals surface area (Å²) < 4.78 is 0. The molecule has 0 aliphatic rings. The predicted molar refractivity (Wildman–Crippen MR) is 85.4 cm³/mol. The van der Waals surface area contributed by atoms with E-state index in [1.54, 1.807) is 0 Å². The molecule has 0 saturated carbocycles. The molecule has 0 amide bonds. The summed E-state index contributed by atoms with van der Waals surface area (Å²) in [5.74, 6) is -5.78. The number of pyridine rings is 2. The molecule has 0 saturated heterocycles. The van der Waals surface area contributed by atoms with Crippen molar-refractivity contribution in [1.82, 2.24) is 9.97 Å². The Bertz CT molecular complexity index is 689. The Morgan fingerprint density at radius 1 is 0.655 bits per heavy atom. The second kappa shape index (κ2) is 16.8. The van der Waals surface area contributed by atoms with Gasteiger partial charge in [-0.3, -0.25) is 0 Å². The van der Waals surface area contributed by atoms with Crippen LogP contribution in [0.3, 0.4) is 0 Å². The van der Waals surface area contributed by atoms with Gasteiger partial charge in [0.25, 0.3) is 0 Å². The van der Waals surface area contributed by atoms with Crippen LogP contribution in [0.15, 0.2) is 36.4 Å². The van der Waals surface area contributed by atoms with E-state index in [9.17, 15) is 34.5 Å². The van der Waals surface area contributed by atoms with Crippen LogP contribution in [0.25, 0.3) is 0 Å². The molecule has 0 fully saturated rings. The molecule has 2 heterocycles. The molecule has 0 aliphatic carbocycles. The molecule has 2 aromatic rings. The SMILES string of the molecule is O.O.O=C([O-])c1cccc(C(=O)O)n1.O=C([O-])c1cccc(C(=O)[O-])n1.[OH3+].[OH3+].[V]. The monoisotopic (exact) mass is 456 g/mol. The molecule has 0 spiro atoms. The Balaban J connectivity index is -0.000000113. The van der Waals surface area contributed by atoms with Crippen molar-refractivity contribution in [2.75, 3.05) is 0 Å². The van der Waals surface area contributed by atoms with Crippen molar-refractivity contribution in [2.45, 2.75) is 0 Å². The van der Waals surface area contributed by atoms with Gasteiger partial charge >= 0.3 is 5.97 Å². The zero-order chi connectivity index (χ0) is 18.3. The topological polar surface area (TPSA) is 312 Å². The Morgan fingerprint density at radius 3 is 1.14 bits per heavy atom. The van der Waals surface area contributed by atoms with Crippen LogP contribution < -0.4 is 15.3 Å². The van der Waals surface area contributed by atoms with Crippen LogP contribution in [-0.4, -0.2) is 49.9 Å². The third-order valence-electron chi connectivity index (χ3n) is 2.34. The smallest absolute Gasteiger partial charge is 0.354 e. The van der Waals surface area contributed by atoms with Gasteiger partial charge in [0.05, 0.1) is 35.0 Å². The minimum absolute atomic E-state index is 0. The van der Waals surface area contributed by atoms with Crippen molar-refractivity contribution in [3.8, 4) is 0 Å². The van der Waals surface area contributed by atoms with Gasteiger partial charge in [-0.15, -0.1) is 0 Å². The molecule has 2 aromatic heterocycles. The maximum absolute atomic E-state index is 10.3. The Kier molecular flexibility index (Phi) is 21.1. The average Bonchev–Trinajstić information content (AvgIpc) is 2.55. The Morgan fingerprint density at radius 2 is 0.897 bits per heavy atom. The number of aromatic carboxylic acids is 4. The van der Waals surface area contributed by atoms with Crippen molar-refractivity contribution in [3.05, 3.63) is 59.2 Å². The number of aromatic nitrogens is 2. The molecule has 0 aromatic carbocycles. The fourth-order valence-electron chi connectivity index (χ4n) is 1.33. The number of carboxylic acids is 4. The second-order valence-electron chi connectivity index (χ2n) is 3.98. The van der Waals surface area contributed by atoms with Crippen molar-refractivity contribution in [3.63, 3.8) is 0 Å². The third kappa shape index (κ3) is 11.8. The first-order valence-corrected chi connectivity index (χ1v) is 6.03. The maximum Gasteiger partial charge on any atom is 0.354 e. The molecule has 15 heteroatoms. The Labute approximate surface area is 173 Å². The second-order valence-corrected chi connectivity index (χ2v) is 3.98. The van der Waals surface area contributed by atoms with Gasteiger partial charge in [-0.05, 0) is 24.3 Å². The summed E-state index contributed by atoms with van der Waals surface area (Å²) in [5, 5.41) is 39.0. The molecular formula is C14H17N2O12V-. The zero-order valence-corrected chi connectivity index (χ0v) is 15.7. The number of rotatable bonds is 4. The van der Waals surface area contributed by atoms with Gasteiger partial charge in [0.1, 0.15) is 5.69 Å². The first kappa shape index (κ1) is 36.5. The summed E-state index contributed by atoms with van der Waals surface area (Å²) in [6.45, 7) is 0. The summed E-state index contributed by atoms with van der Waals surface area (Å²) >= 11 is 0. The van der Waals surface area contributed by atoms with Gasteiger partial charge in [-0.25, -0.2) is 14.8 Å². The molecule has 0 atom stereocenters. The molecule has 0 unspecified atom stereocenters. The molecule has 14 nitrogen and oxygen atoms in total. The van der Waals surface area contributed by atoms with Gasteiger partial charge in [0, 0.05) is 18.6 Å². The van der Waals surface area contributed by atoms with Crippen LogP contribution in [0.2, 0.25) is 0 Å². The summed E-state index contributed by atoms with van der Waals surface area (Å²) in [5.41, 5.74) is -1.53. The van der Waals surface area contributed by atoms with Crippen molar-refractivity contribution >= 4 is 23.9 Å². The first-order chi connectivity index (χ1) is 11.2. The van der Waals surface area contributed by atoms with Crippen molar-refractivity contribution in [2.24, 2.45) is 0 Å². The number of carbonyl (C=O) groups excluding carboxylic acids is 3. The van der Waals surface area contributed by atoms with E-state index >= 15 is 0 Å². The van der Waals surface area contributed by atoms with Crippen molar-refractivity contribution in [1.29, 1.82) is 0 Å². The fraction of sp³-hybridized carbons (Fsp3) is 0. The molecule has 0 bridgehead atoms. The number of nitrogens with zero attached hydrogens (tertiary/aromatic N) is 2. The van der Waals surface area contributed by atoms with Gasteiger partial charge in [-0.2, -0.15) is 0 Å². The number of hydrogen-bond acceptors (Lipinski definition) is 9. The molecule has 161 valence electrons. The summed E-state index contributed by atoms with van der Waals surface area (Å²) in [7, 11) is 0. The van der Waals surface area contributed by atoms with E-state index < -0.39 is 35.3 Å². The van der Waals surface area contributed by atoms with Crippen LogP contribution in [0.1, 0.15) is 42.0 Å². The van der Waals surface area contributed by atoms with E-state index in [1.165, 1.54) is 24.3 Å². The van der Waals surface area contributed by atoms with E-state index in [1.807, 2.05) is 0 Å². The first-order valence-electron chi connectivity index (χ1n) is 6.03. The van der Waals surface area contributed by atoms with Crippen LogP contribution >= 0.6 is 0 Å². The van der Waals surface area contributed by atoms with Gasteiger partial charge in [-0.1, -0.05) is 12.1 Å². The summed E-state index contributed by atoms with van der Waals surface area (Å²) in [6, 6.07) is 7.20. The maximum atomic E-state index is 10.3. The number of carboxylic acid groups (broad SMARTS) is 4. The molecule has 1 radical (unpaired) electrons. The molecule has 11 N–H and O–H groups in total. The standard InChI is InChI=1S/2C7H5NO4.4H2O.V/c2*9-6(10)4-2-1-3-5(8-4)7(11)12;;;;;/h2*1-3H,(H,9,10)(H,11,12);4*1H2;/p-1. The van der Waals surface area contributed by atoms with Crippen LogP contribution in [0.5, 0.6) is 0 Å². The third-order valence-corrected chi connectivity index (χ3v) is 2.34. The van der Waals surface area contributed by atoms with Crippen LogP contribution in [0, 0.1) is 0 Å². The van der Waals surface area contributed by atoms with E-state index in [4.69, 9.17) is 5.11 Å². The summed E-state index contributed by atoms with van der Waals surface area (Å²) in [4.78, 5) is 47.4. The molecule has 2 rings (SSSR count). The van der Waals surface area contributed by atoms with Crippen molar-refractivity contribution < 1.29 is 80.1 Å². The van der Waals surface area contributed by atoms with Gasteiger partial charge < -0.3 is 56.7 Å². The zero-order valence-electron chi connectivity index (χ0n) is 14.3. The quantitative estimate of drug-likeness (QED) is 0.424.